The molecule has 2 aromatic rings. The first kappa shape index (κ1) is 17.6. The summed E-state index contributed by atoms with van der Waals surface area (Å²) >= 11 is 0. The number of halogens is 1. The molecule has 134 valence electrons. The van der Waals surface area contributed by atoms with Gasteiger partial charge in [-0.3, -0.25) is 4.79 Å². The summed E-state index contributed by atoms with van der Waals surface area (Å²) in [5, 5.41) is 8.03. The predicted octanol–water partition coefficient (Wildman–Crippen LogP) is 2.73. The molecule has 2 heterocycles. The molecule has 3 rings (SSSR count). The highest BCUT2D eigenvalue weighted by Gasteiger charge is 2.19. The summed E-state index contributed by atoms with van der Waals surface area (Å²) < 4.78 is 15.0. The number of likely N-dealkylation sites (tertiary alicyclic amines) is 1. The summed E-state index contributed by atoms with van der Waals surface area (Å²) in [5.74, 6) is 0.0379. The van der Waals surface area contributed by atoms with Gasteiger partial charge in [0.2, 0.25) is 5.91 Å². The first-order chi connectivity index (χ1) is 12.1. The Bertz CT molecular complexity index is 739. The average molecular weight is 344 g/mol. The van der Waals surface area contributed by atoms with Gasteiger partial charge in [0.05, 0.1) is 11.4 Å². The first-order valence-electron chi connectivity index (χ1n) is 8.86. The predicted molar refractivity (Wildman–Crippen MR) is 95.1 cm³/mol. The molecule has 25 heavy (non-hydrogen) atoms. The molecule has 6 heteroatoms. The normalized spacial score (nSPS) is 14.5. The van der Waals surface area contributed by atoms with Gasteiger partial charge in [0.25, 0.3) is 0 Å². The van der Waals surface area contributed by atoms with E-state index in [1.54, 1.807) is 12.1 Å². The molecular formula is C19H25FN4O. The fourth-order valence-corrected chi connectivity index (χ4v) is 3.31. The number of nitrogens with zero attached hydrogens (tertiary/aromatic N) is 3. The lowest BCUT2D eigenvalue weighted by atomic mass is 10.2. The van der Waals surface area contributed by atoms with E-state index in [9.17, 15) is 9.18 Å². The number of rotatable bonds is 7. The monoisotopic (exact) mass is 344 g/mol. The summed E-state index contributed by atoms with van der Waals surface area (Å²) in [6.45, 7) is 7.37. The SMILES string of the molecule is Cc1nn(-c2ccc(F)cc2)c(C)c1CNCCCN1CCCC1=O. The molecule has 0 aliphatic carbocycles. The van der Waals surface area contributed by atoms with Crippen molar-refractivity contribution < 1.29 is 9.18 Å². The molecule has 1 N–H and O–H groups in total. The van der Waals surface area contributed by atoms with Crippen molar-refractivity contribution in [3.63, 3.8) is 0 Å². The van der Waals surface area contributed by atoms with Gasteiger partial charge < -0.3 is 10.2 Å². The van der Waals surface area contributed by atoms with Crippen LogP contribution in [-0.2, 0) is 11.3 Å². The van der Waals surface area contributed by atoms with Crippen molar-refractivity contribution in [2.24, 2.45) is 0 Å². The van der Waals surface area contributed by atoms with Gasteiger partial charge in [-0.25, -0.2) is 9.07 Å². The maximum Gasteiger partial charge on any atom is 0.222 e. The third-order valence-electron chi connectivity index (χ3n) is 4.77. The highest BCUT2D eigenvalue weighted by atomic mass is 19.1. The van der Waals surface area contributed by atoms with Gasteiger partial charge in [0.15, 0.2) is 0 Å². The van der Waals surface area contributed by atoms with Crippen LogP contribution in [-0.4, -0.2) is 40.2 Å². The standard InChI is InChI=1S/C19H25FN4O/c1-14-18(13-21-10-4-12-23-11-3-5-19(23)25)15(2)24(22-14)17-8-6-16(20)7-9-17/h6-9,21H,3-5,10-13H2,1-2H3. The van der Waals surface area contributed by atoms with E-state index in [4.69, 9.17) is 0 Å². The van der Waals surface area contributed by atoms with Crippen molar-refractivity contribution in [3.8, 4) is 5.69 Å². The van der Waals surface area contributed by atoms with Crippen molar-refractivity contribution in [3.05, 3.63) is 47.0 Å². The van der Waals surface area contributed by atoms with E-state index in [0.717, 1.165) is 56.1 Å². The van der Waals surface area contributed by atoms with Crippen LogP contribution in [0.5, 0.6) is 0 Å². The molecule has 1 saturated heterocycles. The van der Waals surface area contributed by atoms with Crippen LogP contribution in [0, 0.1) is 19.7 Å². The third kappa shape index (κ3) is 4.07. The number of carbonyl (C=O) groups excluding carboxylic acids is 1. The van der Waals surface area contributed by atoms with Crippen molar-refractivity contribution in [2.75, 3.05) is 19.6 Å². The zero-order chi connectivity index (χ0) is 17.8. The van der Waals surface area contributed by atoms with Gasteiger partial charge in [0, 0.05) is 37.3 Å². The lowest BCUT2D eigenvalue weighted by molar-refractivity contribution is -0.127. The molecule has 0 bridgehead atoms. The van der Waals surface area contributed by atoms with Gasteiger partial charge >= 0.3 is 0 Å². The van der Waals surface area contributed by atoms with Crippen LogP contribution in [0.3, 0.4) is 0 Å². The Balaban J connectivity index is 1.54. The van der Waals surface area contributed by atoms with Gasteiger partial charge in [-0.1, -0.05) is 0 Å². The molecule has 0 saturated carbocycles. The number of aromatic nitrogens is 2. The lowest BCUT2D eigenvalue weighted by Crippen LogP contribution is -2.28. The molecule has 0 spiro atoms. The Morgan fingerprint density at radius 3 is 2.68 bits per heavy atom. The number of nitrogens with one attached hydrogen (secondary N) is 1. The van der Waals surface area contributed by atoms with E-state index >= 15 is 0 Å². The number of benzene rings is 1. The van der Waals surface area contributed by atoms with Crippen molar-refractivity contribution >= 4 is 5.91 Å². The van der Waals surface area contributed by atoms with Gasteiger partial charge in [-0.2, -0.15) is 5.10 Å². The summed E-state index contributed by atoms with van der Waals surface area (Å²) in [6, 6.07) is 6.37. The minimum Gasteiger partial charge on any atom is -0.343 e. The van der Waals surface area contributed by atoms with Crippen LogP contribution in [0.1, 0.15) is 36.2 Å². The highest BCUT2D eigenvalue weighted by molar-refractivity contribution is 5.77. The molecule has 1 amide bonds. The number of hydrogen-bond acceptors (Lipinski definition) is 3. The fourth-order valence-electron chi connectivity index (χ4n) is 3.31. The minimum absolute atomic E-state index is 0.247. The smallest absolute Gasteiger partial charge is 0.222 e. The van der Waals surface area contributed by atoms with E-state index in [0.29, 0.717) is 6.42 Å². The number of carbonyl (C=O) groups is 1. The van der Waals surface area contributed by atoms with E-state index < -0.39 is 0 Å². The van der Waals surface area contributed by atoms with Crippen LogP contribution in [0.15, 0.2) is 24.3 Å². The molecule has 0 atom stereocenters. The van der Waals surface area contributed by atoms with Crippen molar-refractivity contribution in [1.29, 1.82) is 0 Å². The Hall–Kier alpha value is -2.21. The maximum atomic E-state index is 13.1. The number of aryl methyl sites for hydroxylation is 1. The second kappa shape index (κ2) is 7.78. The highest BCUT2D eigenvalue weighted by Crippen LogP contribution is 2.18. The molecular weight excluding hydrogens is 319 g/mol. The average Bonchev–Trinajstić information content (AvgIpc) is 3.12. The Kier molecular flexibility index (Phi) is 5.48. The Morgan fingerprint density at radius 1 is 1.24 bits per heavy atom. The summed E-state index contributed by atoms with van der Waals surface area (Å²) in [7, 11) is 0. The van der Waals surface area contributed by atoms with Crippen LogP contribution in [0.2, 0.25) is 0 Å². The molecule has 0 unspecified atom stereocenters. The van der Waals surface area contributed by atoms with Gasteiger partial charge in [0.1, 0.15) is 5.82 Å². The zero-order valence-electron chi connectivity index (χ0n) is 14.9. The van der Waals surface area contributed by atoms with Crippen molar-refractivity contribution in [2.45, 2.75) is 39.7 Å². The topological polar surface area (TPSA) is 50.2 Å². The molecule has 5 nitrogen and oxygen atoms in total. The van der Waals surface area contributed by atoms with E-state index in [1.807, 2.05) is 23.4 Å². The molecule has 1 aromatic carbocycles. The van der Waals surface area contributed by atoms with Crippen LogP contribution < -0.4 is 5.32 Å². The third-order valence-corrected chi connectivity index (χ3v) is 4.77. The van der Waals surface area contributed by atoms with E-state index in [-0.39, 0.29) is 11.7 Å². The first-order valence-corrected chi connectivity index (χ1v) is 8.86. The van der Waals surface area contributed by atoms with Crippen LogP contribution in [0.25, 0.3) is 5.69 Å². The van der Waals surface area contributed by atoms with Crippen LogP contribution in [0.4, 0.5) is 4.39 Å². The second-order valence-electron chi connectivity index (χ2n) is 6.55. The Labute approximate surface area is 147 Å². The maximum absolute atomic E-state index is 13.1. The van der Waals surface area contributed by atoms with E-state index in [1.165, 1.54) is 17.7 Å². The quantitative estimate of drug-likeness (QED) is 0.786. The Morgan fingerprint density at radius 2 is 2.00 bits per heavy atom. The molecule has 1 aromatic heterocycles. The summed E-state index contributed by atoms with van der Waals surface area (Å²) in [5.41, 5.74) is 4.07. The summed E-state index contributed by atoms with van der Waals surface area (Å²) in [4.78, 5) is 13.5. The van der Waals surface area contributed by atoms with Gasteiger partial charge in [-0.05, 0) is 57.5 Å². The second-order valence-corrected chi connectivity index (χ2v) is 6.55. The lowest BCUT2D eigenvalue weighted by Gasteiger charge is -2.15. The van der Waals surface area contributed by atoms with E-state index in [2.05, 4.69) is 10.4 Å². The zero-order valence-corrected chi connectivity index (χ0v) is 14.9. The van der Waals surface area contributed by atoms with Gasteiger partial charge in [-0.15, -0.1) is 0 Å². The summed E-state index contributed by atoms with van der Waals surface area (Å²) in [6.07, 6.45) is 2.65. The molecule has 1 aliphatic heterocycles. The fraction of sp³-hybridized carbons (Fsp3) is 0.474. The van der Waals surface area contributed by atoms with Crippen LogP contribution >= 0.6 is 0 Å². The molecule has 0 radical (unpaired) electrons. The van der Waals surface area contributed by atoms with Crippen molar-refractivity contribution in [1.82, 2.24) is 20.0 Å². The molecule has 1 aliphatic rings. The minimum atomic E-state index is -0.247. The number of amides is 1. The largest absolute Gasteiger partial charge is 0.343 e. The number of hydrogen-bond donors (Lipinski definition) is 1. The molecule has 1 fully saturated rings.